The molecule has 0 radical (unpaired) electrons. The number of likely N-dealkylation sites (tertiary alicyclic amines) is 1. The molecule has 4 rings (SSSR count). The number of halogens is 1. The van der Waals surface area contributed by atoms with Gasteiger partial charge in [-0.2, -0.15) is 9.97 Å². The minimum atomic E-state index is -0.0399. The summed E-state index contributed by atoms with van der Waals surface area (Å²) >= 11 is 6.06. The van der Waals surface area contributed by atoms with Gasteiger partial charge in [-0.1, -0.05) is 6.92 Å². The molecule has 0 bridgehead atoms. The van der Waals surface area contributed by atoms with E-state index in [-0.39, 0.29) is 17.1 Å². The maximum absolute atomic E-state index is 12.8. The molecule has 2 fully saturated rings. The summed E-state index contributed by atoms with van der Waals surface area (Å²) in [5, 5.41) is 3.37. The average Bonchev–Trinajstić information content (AvgIpc) is 3.34. The lowest BCUT2D eigenvalue weighted by Gasteiger charge is -2.33. The molecule has 2 aliphatic heterocycles. The van der Waals surface area contributed by atoms with Crippen LogP contribution in [0, 0.1) is 5.92 Å². The quantitative estimate of drug-likeness (QED) is 0.755. The Hall–Kier alpha value is -1.93. The minimum Gasteiger partial charge on any atom is -0.354 e. The topological polar surface area (TPSA) is 90.0 Å². The number of hydrogen-bond acceptors (Lipinski definition) is 6. The normalized spacial score (nSPS) is 23.9. The number of nitrogens with one attached hydrogen (secondary N) is 2. The van der Waals surface area contributed by atoms with Gasteiger partial charge in [-0.25, -0.2) is 4.98 Å². The lowest BCUT2D eigenvalue weighted by Crippen LogP contribution is -2.46. The Labute approximate surface area is 163 Å². The van der Waals surface area contributed by atoms with Crippen LogP contribution < -0.4 is 10.2 Å². The predicted molar refractivity (Wildman–Crippen MR) is 105 cm³/mol. The van der Waals surface area contributed by atoms with E-state index in [9.17, 15) is 4.79 Å². The fourth-order valence-electron chi connectivity index (χ4n) is 4.31. The van der Waals surface area contributed by atoms with Gasteiger partial charge in [0.1, 0.15) is 5.52 Å². The van der Waals surface area contributed by atoms with Crippen molar-refractivity contribution in [3.05, 3.63) is 11.6 Å². The number of anilines is 1. The Morgan fingerprint density at radius 1 is 1.33 bits per heavy atom. The number of rotatable bonds is 5. The third kappa shape index (κ3) is 3.87. The third-order valence-electron chi connectivity index (χ3n) is 5.75. The van der Waals surface area contributed by atoms with Gasteiger partial charge in [-0.05, 0) is 50.4 Å². The van der Waals surface area contributed by atoms with Crippen molar-refractivity contribution in [2.75, 3.05) is 37.6 Å². The van der Waals surface area contributed by atoms with Crippen LogP contribution >= 0.6 is 11.6 Å². The molecular weight excluding hydrogens is 366 g/mol. The minimum absolute atomic E-state index is 0.0399. The Morgan fingerprint density at radius 2 is 2.19 bits per heavy atom. The molecule has 2 atom stereocenters. The van der Waals surface area contributed by atoms with Crippen LogP contribution in [0.25, 0.3) is 11.2 Å². The van der Waals surface area contributed by atoms with E-state index in [1.165, 1.54) is 12.8 Å². The molecule has 2 aromatic rings. The second-order valence-corrected chi connectivity index (χ2v) is 7.71. The second kappa shape index (κ2) is 7.98. The Morgan fingerprint density at radius 3 is 3.04 bits per heavy atom. The molecule has 27 heavy (non-hydrogen) atoms. The van der Waals surface area contributed by atoms with Crippen molar-refractivity contribution < 1.29 is 4.79 Å². The zero-order valence-electron chi connectivity index (χ0n) is 15.6. The number of carbonyl (C=O) groups excluding carboxylic acids is 1. The summed E-state index contributed by atoms with van der Waals surface area (Å²) in [6, 6.07) is 0.476. The first-order valence-electron chi connectivity index (χ1n) is 9.79. The van der Waals surface area contributed by atoms with Crippen molar-refractivity contribution in [1.29, 1.82) is 0 Å². The van der Waals surface area contributed by atoms with E-state index >= 15 is 0 Å². The molecule has 2 aliphatic rings. The number of aromatic amines is 1. The van der Waals surface area contributed by atoms with Crippen molar-refractivity contribution in [2.24, 2.45) is 5.92 Å². The number of fused-ring (bicyclic) bond motifs is 1. The number of carbonyl (C=O) groups is 1. The van der Waals surface area contributed by atoms with Gasteiger partial charge in [-0.15, -0.1) is 0 Å². The van der Waals surface area contributed by atoms with Crippen LogP contribution in [0.1, 0.15) is 32.6 Å². The molecular formula is C18H26ClN7O. The SMILES string of the molecule is CCN1CCCC1CNC(=O)C1CCCN(c2nc(Cl)nc3nc[nH]c23)C1. The number of nitrogens with zero attached hydrogens (tertiary/aromatic N) is 5. The van der Waals surface area contributed by atoms with Gasteiger partial charge >= 0.3 is 0 Å². The van der Waals surface area contributed by atoms with E-state index in [0.29, 0.717) is 18.2 Å². The van der Waals surface area contributed by atoms with E-state index in [2.05, 4.69) is 42.0 Å². The zero-order valence-corrected chi connectivity index (χ0v) is 16.4. The molecule has 4 heterocycles. The standard InChI is InChI=1S/C18H26ClN7O/c1-2-25-7-4-6-13(25)9-20-17(27)12-5-3-8-26(10-12)16-14-15(22-11-21-14)23-18(19)24-16/h11-13H,2-10H2,1H3,(H,20,27)(H,21,22,23,24). The van der Waals surface area contributed by atoms with Crippen LogP contribution in [0.15, 0.2) is 6.33 Å². The Bertz CT molecular complexity index is 810. The van der Waals surface area contributed by atoms with Crippen molar-refractivity contribution in [3.8, 4) is 0 Å². The smallest absolute Gasteiger partial charge is 0.226 e. The van der Waals surface area contributed by atoms with Crippen LogP contribution in [0.4, 0.5) is 5.82 Å². The number of piperidine rings is 1. The molecule has 0 aliphatic carbocycles. The fourth-order valence-corrected chi connectivity index (χ4v) is 4.47. The molecule has 0 saturated carbocycles. The van der Waals surface area contributed by atoms with E-state index in [1.54, 1.807) is 6.33 Å². The van der Waals surface area contributed by atoms with Crippen molar-refractivity contribution in [3.63, 3.8) is 0 Å². The van der Waals surface area contributed by atoms with Gasteiger partial charge in [0, 0.05) is 25.7 Å². The number of imidazole rings is 1. The monoisotopic (exact) mass is 391 g/mol. The Balaban J connectivity index is 1.41. The first-order valence-corrected chi connectivity index (χ1v) is 10.2. The molecule has 8 nitrogen and oxygen atoms in total. The van der Waals surface area contributed by atoms with Crippen molar-refractivity contribution in [2.45, 2.75) is 38.6 Å². The molecule has 2 unspecified atom stereocenters. The van der Waals surface area contributed by atoms with Gasteiger partial charge in [0.15, 0.2) is 11.5 Å². The molecule has 0 spiro atoms. The fraction of sp³-hybridized carbons (Fsp3) is 0.667. The average molecular weight is 392 g/mol. The number of hydrogen-bond donors (Lipinski definition) is 2. The maximum Gasteiger partial charge on any atom is 0.226 e. The zero-order chi connectivity index (χ0) is 18.8. The van der Waals surface area contributed by atoms with Crippen molar-refractivity contribution >= 4 is 34.5 Å². The summed E-state index contributed by atoms with van der Waals surface area (Å²) in [6.45, 7) is 6.59. The number of amides is 1. The molecule has 0 aromatic carbocycles. The maximum atomic E-state index is 12.8. The lowest BCUT2D eigenvalue weighted by atomic mass is 9.97. The van der Waals surface area contributed by atoms with Gasteiger partial charge in [0.25, 0.3) is 0 Å². The molecule has 146 valence electrons. The van der Waals surface area contributed by atoms with Gasteiger partial charge in [0.2, 0.25) is 11.2 Å². The van der Waals surface area contributed by atoms with Crippen LogP contribution in [-0.4, -0.2) is 69.5 Å². The van der Waals surface area contributed by atoms with E-state index < -0.39 is 0 Å². The third-order valence-corrected chi connectivity index (χ3v) is 5.92. The molecule has 1 amide bonds. The number of likely N-dealkylation sites (N-methyl/N-ethyl adjacent to an activating group) is 1. The second-order valence-electron chi connectivity index (χ2n) is 7.37. The predicted octanol–water partition coefficient (Wildman–Crippen LogP) is 1.82. The van der Waals surface area contributed by atoms with Crippen LogP contribution in [0.3, 0.4) is 0 Å². The van der Waals surface area contributed by atoms with Crippen LogP contribution in [0.2, 0.25) is 5.28 Å². The van der Waals surface area contributed by atoms with E-state index in [0.717, 1.165) is 50.4 Å². The highest BCUT2D eigenvalue weighted by molar-refractivity contribution is 6.28. The first kappa shape index (κ1) is 18.4. The summed E-state index contributed by atoms with van der Waals surface area (Å²) in [4.78, 5) is 33.1. The molecule has 2 N–H and O–H groups in total. The number of aromatic nitrogens is 4. The lowest BCUT2D eigenvalue weighted by molar-refractivity contribution is -0.125. The van der Waals surface area contributed by atoms with Crippen LogP contribution in [0.5, 0.6) is 0 Å². The first-order chi connectivity index (χ1) is 13.2. The highest BCUT2D eigenvalue weighted by Crippen LogP contribution is 2.27. The summed E-state index contributed by atoms with van der Waals surface area (Å²) < 4.78 is 0. The highest BCUT2D eigenvalue weighted by atomic mass is 35.5. The molecule has 2 aromatic heterocycles. The summed E-state index contributed by atoms with van der Waals surface area (Å²) in [5.74, 6) is 0.832. The molecule has 2 saturated heterocycles. The van der Waals surface area contributed by atoms with Crippen LogP contribution in [-0.2, 0) is 4.79 Å². The van der Waals surface area contributed by atoms with Gasteiger partial charge in [0.05, 0.1) is 12.2 Å². The summed E-state index contributed by atoms with van der Waals surface area (Å²) in [6.07, 6.45) is 5.83. The largest absolute Gasteiger partial charge is 0.354 e. The number of H-pyrrole nitrogens is 1. The van der Waals surface area contributed by atoms with E-state index in [1.807, 2.05) is 0 Å². The summed E-state index contributed by atoms with van der Waals surface area (Å²) in [5.41, 5.74) is 1.32. The Kier molecular flexibility index (Phi) is 5.45. The van der Waals surface area contributed by atoms with E-state index in [4.69, 9.17) is 11.6 Å². The van der Waals surface area contributed by atoms with Gasteiger partial charge < -0.3 is 15.2 Å². The highest BCUT2D eigenvalue weighted by Gasteiger charge is 2.29. The molecule has 9 heteroatoms. The summed E-state index contributed by atoms with van der Waals surface area (Å²) in [7, 11) is 0. The van der Waals surface area contributed by atoms with Crippen molar-refractivity contribution in [1.82, 2.24) is 30.2 Å². The van der Waals surface area contributed by atoms with Gasteiger partial charge in [-0.3, -0.25) is 9.69 Å².